The number of aromatic nitrogens is 3. The number of pyridine rings is 1. The van der Waals surface area contributed by atoms with Gasteiger partial charge in [-0.2, -0.15) is 0 Å². The summed E-state index contributed by atoms with van der Waals surface area (Å²) >= 11 is 6.31. The summed E-state index contributed by atoms with van der Waals surface area (Å²) in [4.78, 5) is 30.1. The number of nitrogens with one attached hydrogen (secondary N) is 1. The fourth-order valence-corrected chi connectivity index (χ4v) is 5.42. The Balaban J connectivity index is 1.22. The largest absolute Gasteiger partial charge is 0.481 e. The second-order valence-corrected chi connectivity index (χ2v) is 11.9. The van der Waals surface area contributed by atoms with Crippen molar-refractivity contribution in [3.63, 3.8) is 0 Å². The highest BCUT2D eigenvalue weighted by Crippen LogP contribution is 2.38. The average molecular weight is 557 g/mol. The highest BCUT2D eigenvalue weighted by Gasteiger charge is 2.47. The van der Waals surface area contributed by atoms with Crippen molar-refractivity contribution in [1.82, 2.24) is 19.9 Å². The number of fused-ring (bicyclic) bond motifs is 3. The topological polar surface area (TPSA) is 102 Å². The van der Waals surface area contributed by atoms with Crippen molar-refractivity contribution in [2.75, 3.05) is 36.5 Å². The highest BCUT2D eigenvalue weighted by atomic mass is 35.5. The number of piperazine rings is 1. The van der Waals surface area contributed by atoms with Crippen molar-refractivity contribution in [3.05, 3.63) is 41.4 Å². The summed E-state index contributed by atoms with van der Waals surface area (Å²) in [5.41, 5.74) is 0.190. The Morgan fingerprint density at radius 1 is 1.18 bits per heavy atom. The minimum Gasteiger partial charge on any atom is -0.481 e. The van der Waals surface area contributed by atoms with Crippen molar-refractivity contribution in [1.29, 1.82) is 0 Å². The Hall–Kier alpha value is -3.44. The summed E-state index contributed by atoms with van der Waals surface area (Å²) in [5.74, 6) is 0.697. The van der Waals surface area contributed by atoms with Gasteiger partial charge in [-0.25, -0.2) is 24.1 Å². The Kier molecular flexibility index (Phi) is 6.18. The molecule has 0 radical (unpaired) electrons. The number of halogens is 2. The molecule has 0 spiro atoms. The normalized spacial score (nSPS) is 21.7. The molecule has 0 saturated carbocycles. The molecule has 3 aromatic rings. The van der Waals surface area contributed by atoms with Gasteiger partial charge in [-0.1, -0.05) is 11.6 Å². The van der Waals surface area contributed by atoms with Gasteiger partial charge in [0.15, 0.2) is 17.2 Å². The molecule has 3 aliphatic heterocycles. The lowest BCUT2D eigenvalue weighted by Crippen LogP contribution is -2.51. The Morgan fingerprint density at radius 3 is 2.64 bits per heavy atom. The van der Waals surface area contributed by atoms with Gasteiger partial charge in [0, 0.05) is 13.1 Å². The van der Waals surface area contributed by atoms with Crippen LogP contribution in [0.4, 0.5) is 26.5 Å². The van der Waals surface area contributed by atoms with Gasteiger partial charge in [0.25, 0.3) is 0 Å². The molecule has 3 saturated heterocycles. The maximum absolute atomic E-state index is 15.3. The Morgan fingerprint density at radius 2 is 1.97 bits per heavy atom. The monoisotopic (exact) mass is 556 g/mol. The molecule has 2 bridgehead atoms. The molecule has 39 heavy (non-hydrogen) atoms. The van der Waals surface area contributed by atoms with Gasteiger partial charge in [-0.05, 0) is 58.4 Å². The van der Waals surface area contributed by atoms with E-state index in [1.807, 2.05) is 44.7 Å². The number of ether oxygens (including phenoxy) is 3. The molecule has 6 rings (SSSR count). The molecule has 2 atom stereocenters. The number of benzene rings is 1. The number of hydrogen-bond donors (Lipinski definition) is 1. The summed E-state index contributed by atoms with van der Waals surface area (Å²) in [6.07, 6.45) is 1.96. The minimum atomic E-state index is -0.653. The lowest BCUT2D eigenvalue weighted by atomic mass is 10.1. The average Bonchev–Trinajstić information content (AvgIpc) is 3.48. The van der Waals surface area contributed by atoms with E-state index >= 15 is 4.39 Å². The summed E-state index contributed by atoms with van der Waals surface area (Å²) in [6, 6.07) is 7.13. The standard InChI is InChI=1S/C27H30ClFN6O4/c1-26(2,3)39-25(36)35-11-15-9-16(35)10-34(15)20-8-6-18-23(33-20)24(31-14-30-18)32-17-5-7-19(21(28)22(17)29)38-27(4)12-37-13-27/h5-8,14-16H,9-13H2,1-4H3,(H,30,31,32)/t15-,16-/m0/s1. The van der Waals surface area contributed by atoms with E-state index in [1.165, 1.54) is 6.33 Å². The van der Waals surface area contributed by atoms with Gasteiger partial charge in [-0.15, -0.1) is 0 Å². The van der Waals surface area contributed by atoms with Crippen molar-refractivity contribution in [2.45, 2.75) is 57.4 Å². The molecule has 3 aliphatic rings. The number of nitrogens with zero attached hydrogens (tertiary/aromatic N) is 5. The summed E-state index contributed by atoms with van der Waals surface area (Å²) in [5, 5.41) is 2.91. The number of likely N-dealkylation sites (tertiary alicyclic amines) is 1. The van der Waals surface area contributed by atoms with Crippen LogP contribution in [0.3, 0.4) is 0 Å². The van der Waals surface area contributed by atoms with E-state index < -0.39 is 17.0 Å². The number of carbonyl (C=O) groups excluding carboxylic acids is 1. The highest BCUT2D eigenvalue weighted by molar-refractivity contribution is 6.32. The Labute approximate surface area is 230 Å². The molecule has 206 valence electrons. The van der Waals surface area contributed by atoms with Gasteiger partial charge >= 0.3 is 6.09 Å². The minimum absolute atomic E-state index is 0.0534. The molecule has 1 amide bonds. The third kappa shape index (κ3) is 4.89. The van der Waals surface area contributed by atoms with E-state index in [0.29, 0.717) is 43.2 Å². The number of amides is 1. The summed E-state index contributed by atoms with van der Waals surface area (Å²) < 4.78 is 31.9. The van der Waals surface area contributed by atoms with Crippen LogP contribution in [0.25, 0.3) is 11.0 Å². The Bertz CT molecular complexity index is 1450. The smallest absolute Gasteiger partial charge is 0.410 e. The first-order valence-electron chi connectivity index (χ1n) is 12.9. The van der Waals surface area contributed by atoms with Gasteiger partial charge in [0.2, 0.25) is 0 Å². The van der Waals surface area contributed by atoms with E-state index in [4.69, 9.17) is 30.8 Å². The van der Waals surface area contributed by atoms with Gasteiger partial charge in [0.05, 0.1) is 36.5 Å². The molecule has 5 heterocycles. The second kappa shape index (κ2) is 9.34. The molecule has 12 heteroatoms. The molecule has 3 fully saturated rings. The lowest BCUT2D eigenvalue weighted by Gasteiger charge is -2.38. The van der Waals surface area contributed by atoms with Crippen LogP contribution in [0, 0.1) is 5.82 Å². The molecule has 2 aromatic heterocycles. The molecule has 0 aliphatic carbocycles. The van der Waals surface area contributed by atoms with Crippen LogP contribution < -0.4 is 15.0 Å². The maximum atomic E-state index is 15.3. The molecular weight excluding hydrogens is 527 g/mol. The summed E-state index contributed by atoms with van der Waals surface area (Å²) in [6.45, 7) is 9.54. The van der Waals surface area contributed by atoms with E-state index in [0.717, 1.165) is 12.2 Å². The molecule has 1 aromatic carbocycles. The van der Waals surface area contributed by atoms with Crippen LogP contribution in [0.1, 0.15) is 34.1 Å². The fourth-order valence-electron chi connectivity index (χ4n) is 5.22. The van der Waals surface area contributed by atoms with Gasteiger partial charge in [-0.3, -0.25) is 0 Å². The quantitative estimate of drug-likeness (QED) is 0.469. The first-order valence-corrected chi connectivity index (χ1v) is 13.3. The summed E-state index contributed by atoms with van der Waals surface area (Å²) in [7, 11) is 0. The molecule has 0 unspecified atom stereocenters. The van der Waals surface area contributed by atoms with Crippen molar-refractivity contribution in [2.24, 2.45) is 0 Å². The van der Waals surface area contributed by atoms with Gasteiger partial charge in [0.1, 0.15) is 34.0 Å². The molecule has 10 nitrogen and oxygen atoms in total. The number of hydrogen-bond acceptors (Lipinski definition) is 9. The van der Waals surface area contributed by atoms with Crippen LogP contribution >= 0.6 is 11.6 Å². The molecular formula is C27H30ClFN6O4. The van der Waals surface area contributed by atoms with Gasteiger partial charge < -0.3 is 29.3 Å². The fraction of sp³-hybridized carbons (Fsp3) is 0.481. The SMILES string of the molecule is CC(C)(C)OC(=O)N1C[C@@H]2C[C@H]1CN2c1ccc2ncnc(Nc3ccc(OC4(C)COC4)c(Cl)c3F)c2n1. The predicted molar refractivity (Wildman–Crippen MR) is 144 cm³/mol. The zero-order chi connectivity index (χ0) is 27.5. The second-order valence-electron chi connectivity index (χ2n) is 11.5. The van der Waals surface area contributed by atoms with Crippen LogP contribution in [-0.4, -0.2) is 75.5 Å². The number of carbonyl (C=O) groups is 1. The van der Waals surface area contributed by atoms with E-state index in [9.17, 15) is 4.79 Å². The van der Waals surface area contributed by atoms with Crippen LogP contribution in [0.2, 0.25) is 5.02 Å². The number of rotatable bonds is 5. The van der Waals surface area contributed by atoms with Crippen molar-refractivity contribution >= 4 is 46.1 Å². The first kappa shape index (κ1) is 25.8. The van der Waals surface area contributed by atoms with E-state index in [2.05, 4.69) is 20.2 Å². The number of anilines is 3. The first-order chi connectivity index (χ1) is 18.5. The van der Waals surface area contributed by atoms with Crippen LogP contribution in [-0.2, 0) is 9.47 Å². The third-order valence-corrected chi connectivity index (χ3v) is 7.45. The zero-order valence-electron chi connectivity index (χ0n) is 22.2. The van der Waals surface area contributed by atoms with Crippen molar-refractivity contribution < 1.29 is 23.4 Å². The van der Waals surface area contributed by atoms with Crippen LogP contribution in [0.15, 0.2) is 30.6 Å². The maximum Gasteiger partial charge on any atom is 0.410 e. The van der Waals surface area contributed by atoms with E-state index in [1.54, 1.807) is 12.1 Å². The van der Waals surface area contributed by atoms with Crippen LogP contribution in [0.5, 0.6) is 5.75 Å². The zero-order valence-corrected chi connectivity index (χ0v) is 23.0. The third-order valence-electron chi connectivity index (χ3n) is 7.10. The predicted octanol–water partition coefficient (Wildman–Crippen LogP) is 4.93. The lowest BCUT2D eigenvalue weighted by molar-refractivity contribution is -0.149. The van der Waals surface area contributed by atoms with Crippen molar-refractivity contribution in [3.8, 4) is 5.75 Å². The molecule has 1 N–H and O–H groups in total. The van der Waals surface area contributed by atoms with E-state index in [-0.39, 0.29) is 34.6 Å².